The number of likely N-dealkylation sites (N-methyl/N-ethyl adjacent to an activating group) is 1. The average Bonchev–Trinajstić information content (AvgIpc) is 3.41. The molecule has 1 aliphatic rings. The molecule has 12 heteroatoms. The van der Waals surface area contributed by atoms with Crippen LogP contribution < -0.4 is 10.6 Å². The predicted octanol–water partition coefficient (Wildman–Crippen LogP) is 3.46. The zero-order valence-corrected chi connectivity index (χ0v) is 22.2. The number of hydrogen-bond donors (Lipinski definition) is 3. The van der Waals surface area contributed by atoms with Crippen LogP contribution in [-0.2, 0) is 9.59 Å². The molecule has 38 heavy (non-hydrogen) atoms. The largest absolute Gasteiger partial charge is 0.337 e. The highest BCUT2D eigenvalue weighted by molar-refractivity contribution is 6.35. The summed E-state index contributed by atoms with van der Waals surface area (Å²) in [5, 5.41) is 12.4. The number of carbonyl (C=O) groups is 3. The third-order valence-electron chi connectivity index (χ3n) is 6.20. The molecule has 3 amide bonds. The lowest BCUT2D eigenvalue weighted by molar-refractivity contribution is -0.126. The first-order valence-electron chi connectivity index (χ1n) is 12.3. The minimum Gasteiger partial charge on any atom is -0.337 e. The third kappa shape index (κ3) is 6.29. The highest BCUT2D eigenvalue weighted by Gasteiger charge is 2.27. The van der Waals surface area contributed by atoms with Crippen molar-refractivity contribution < 1.29 is 14.4 Å². The molecule has 1 atom stereocenters. The number of H-pyrrole nitrogens is 1. The Labute approximate surface area is 225 Å². The number of aromatic amines is 1. The Morgan fingerprint density at radius 2 is 2.08 bits per heavy atom. The van der Waals surface area contributed by atoms with Crippen molar-refractivity contribution in [2.45, 2.75) is 25.3 Å². The molecule has 3 heterocycles. The molecule has 1 aliphatic heterocycles. The molecule has 0 saturated carbocycles. The molecule has 3 aromatic rings. The summed E-state index contributed by atoms with van der Waals surface area (Å²) < 4.78 is 1.92. The summed E-state index contributed by atoms with van der Waals surface area (Å²) >= 11 is 6.62. The van der Waals surface area contributed by atoms with Gasteiger partial charge < -0.3 is 19.7 Å². The fourth-order valence-electron chi connectivity index (χ4n) is 4.40. The molecule has 2 aromatic heterocycles. The van der Waals surface area contributed by atoms with Gasteiger partial charge in [-0.3, -0.25) is 24.8 Å². The Kier molecular flexibility index (Phi) is 8.59. The fraction of sp³-hybridized carbons (Fsp3) is 0.346. The van der Waals surface area contributed by atoms with Crippen LogP contribution in [0.4, 0.5) is 11.8 Å². The number of anilines is 2. The smallest absolute Gasteiger partial charge is 0.276 e. The highest BCUT2D eigenvalue weighted by Crippen LogP contribution is 2.34. The number of likely N-dealkylation sites (tertiary alicyclic amines) is 1. The minimum absolute atomic E-state index is 0.0496. The summed E-state index contributed by atoms with van der Waals surface area (Å²) in [5.41, 5.74) is 1.46. The van der Waals surface area contributed by atoms with E-state index >= 15 is 0 Å². The highest BCUT2D eigenvalue weighted by atomic mass is 35.5. The average molecular weight is 539 g/mol. The van der Waals surface area contributed by atoms with E-state index in [-0.39, 0.29) is 23.5 Å². The number of halogens is 1. The second kappa shape index (κ2) is 12.1. The molecule has 0 spiro atoms. The van der Waals surface area contributed by atoms with Gasteiger partial charge in [-0.2, -0.15) is 5.10 Å². The zero-order valence-electron chi connectivity index (χ0n) is 21.4. The number of hydrogen-bond acceptors (Lipinski definition) is 6. The maximum absolute atomic E-state index is 13.1. The molecule has 11 nitrogen and oxygen atoms in total. The van der Waals surface area contributed by atoms with Crippen LogP contribution in [0.2, 0.25) is 5.02 Å². The van der Waals surface area contributed by atoms with Gasteiger partial charge in [0.15, 0.2) is 5.82 Å². The van der Waals surface area contributed by atoms with Gasteiger partial charge >= 0.3 is 0 Å². The summed E-state index contributed by atoms with van der Waals surface area (Å²) in [5.74, 6) is -0.476. The SMILES string of the molecule is C=CC(=O)Nc1cc(C(=O)Nc2nc3cccc(Cl)c3n2[C@@H]2CCCCN(C(=O)/C=C/CN(C)C)C2)[nH]n1. The van der Waals surface area contributed by atoms with E-state index in [1.54, 1.807) is 18.2 Å². The molecule has 3 N–H and O–H groups in total. The van der Waals surface area contributed by atoms with Crippen molar-refractivity contribution in [1.82, 2.24) is 29.5 Å². The lowest BCUT2D eigenvalue weighted by Crippen LogP contribution is -2.34. The van der Waals surface area contributed by atoms with Crippen LogP contribution in [0.15, 0.2) is 49.1 Å². The maximum Gasteiger partial charge on any atom is 0.276 e. The molecule has 200 valence electrons. The van der Waals surface area contributed by atoms with Crippen LogP contribution in [0.3, 0.4) is 0 Å². The van der Waals surface area contributed by atoms with Gasteiger partial charge in [0.25, 0.3) is 5.91 Å². The number of carbonyl (C=O) groups excluding carboxylic acids is 3. The van der Waals surface area contributed by atoms with Gasteiger partial charge in [-0.1, -0.05) is 30.3 Å². The van der Waals surface area contributed by atoms with Crippen molar-refractivity contribution in [2.75, 3.05) is 44.4 Å². The number of amides is 3. The molecule has 4 rings (SSSR count). The first kappa shape index (κ1) is 27.1. The number of nitrogens with one attached hydrogen (secondary N) is 3. The second-order valence-corrected chi connectivity index (χ2v) is 9.73. The summed E-state index contributed by atoms with van der Waals surface area (Å²) in [6.07, 6.45) is 7.14. The molecule has 0 bridgehead atoms. The van der Waals surface area contributed by atoms with Gasteiger partial charge in [0, 0.05) is 31.8 Å². The first-order chi connectivity index (χ1) is 18.3. The van der Waals surface area contributed by atoms with E-state index < -0.39 is 11.8 Å². The normalized spacial score (nSPS) is 16.1. The third-order valence-corrected chi connectivity index (χ3v) is 6.50. The van der Waals surface area contributed by atoms with Crippen LogP contribution in [-0.4, -0.2) is 81.0 Å². The molecule has 0 radical (unpaired) electrons. The Balaban J connectivity index is 1.63. The number of benzene rings is 1. The predicted molar refractivity (Wildman–Crippen MR) is 147 cm³/mol. The Morgan fingerprint density at radius 3 is 2.84 bits per heavy atom. The number of para-hydroxylation sites is 1. The lowest BCUT2D eigenvalue weighted by atomic mass is 10.1. The van der Waals surface area contributed by atoms with Crippen molar-refractivity contribution in [2.24, 2.45) is 0 Å². The standard InChI is InChI=1S/C26H31ClN8O3/c1-4-22(36)29-21-15-20(31-32-21)25(38)30-26-28-19-11-7-10-18(27)24(19)35(26)17-9-5-6-14-34(16-17)23(37)12-8-13-33(2)3/h4,7-8,10-12,15,17H,1,5-6,9,13-14,16H2,2-3H3,(H,28,30,38)(H2,29,31,32,36)/b12-8+/t17-/m1/s1. The first-order valence-corrected chi connectivity index (χ1v) is 12.7. The summed E-state index contributed by atoms with van der Waals surface area (Å²) in [4.78, 5) is 46.1. The van der Waals surface area contributed by atoms with Gasteiger partial charge in [0.1, 0.15) is 5.69 Å². The van der Waals surface area contributed by atoms with Crippen molar-refractivity contribution in [3.8, 4) is 0 Å². The van der Waals surface area contributed by atoms with Crippen LogP contribution in [0.25, 0.3) is 11.0 Å². The van der Waals surface area contributed by atoms with Crippen molar-refractivity contribution in [1.29, 1.82) is 0 Å². The van der Waals surface area contributed by atoms with Crippen molar-refractivity contribution in [3.63, 3.8) is 0 Å². The van der Waals surface area contributed by atoms with Gasteiger partial charge in [-0.25, -0.2) is 4.98 Å². The zero-order chi connectivity index (χ0) is 27.2. The second-order valence-electron chi connectivity index (χ2n) is 9.33. The van der Waals surface area contributed by atoms with Gasteiger partial charge in [-0.05, 0) is 51.6 Å². The van der Waals surface area contributed by atoms with Crippen LogP contribution >= 0.6 is 11.6 Å². The van der Waals surface area contributed by atoms with E-state index in [9.17, 15) is 14.4 Å². The van der Waals surface area contributed by atoms with Crippen molar-refractivity contribution >= 4 is 52.1 Å². The number of rotatable bonds is 8. The van der Waals surface area contributed by atoms with Crippen molar-refractivity contribution in [3.05, 3.63) is 59.8 Å². The van der Waals surface area contributed by atoms with Gasteiger partial charge in [-0.15, -0.1) is 0 Å². The van der Waals surface area contributed by atoms with Gasteiger partial charge in [0.2, 0.25) is 17.8 Å². The quantitative estimate of drug-likeness (QED) is 0.377. The Morgan fingerprint density at radius 1 is 1.26 bits per heavy atom. The number of imidazole rings is 1. The number of fused-ring (bicyclic) bond motifs is 1. The number of nitrogens with zero attached hydrogens (tertiary/aromatic N) is 5. The summed E-state index contributed by atoms with van der Waals surface area (Å²) in [7, 11) is 3.89. The molecule has 0 unspecified atom stereocenters. The summed E-state index contributed by atoms with van der Waals surface area (Å²) in [6, 6.07) is 6.67. The van der Waals surface area contributed by atoms with Gasteiger partial charge in [0.05, 0.1) is 22.1 Å². The topological polar surface area (TPSA) is 128 Å². The summed E-state index contributed by atoms with van der Waals surface area (Å²) in [6.45, 7) is 5.17. The van der Waals surface area contributed by atoms with E-state index in [1.807, 2.05) is 40.6 Å². The van der Waals surface area contributed by atoms with Crippen LogP contribution in [0, 0.1) is 0 Å². The monoisotopic (exact) mass is 538 g/mol. The van der Waals surface area contributed by atoms with E-state index in [0.717, 1.165) is 25.3 Å². The Bertz CT molecular complexity index is 1380. The lowest BCUT2D eigenvalue weighted by Gasteiger charge is -2.26. The van der Waals surface area contributed by atoms with E-state index in [2.05, 4.69) is 32.4 Å². The molecular formula is C26H31ClN8O3. The minimum atomic E-state index is -0.488. The van der Waals surface area contributed by atoms with E-state index in [0.29, 0.717) is 41.6 Å². The maximum atomic E-state index is 13.1. The molecule has 0 aliphatic carbocycles. The molecule has 1 fully saturated rings. The molecule has 1 saturated heterocycles. The Hall–Kier alpha value is -3.96. The van der Waals surface area contributed by atoms with Crippen LogP contribution in [0.5, 0.6) is 0 Å². The number of aromatic nitrogens is 4. The van der Waals surface area contributed by atoms with E-state index in [1.165, 1.54) is 6.07 Å². The molecular weight excluding hydrogens is 508 g/mol. The van der Waals surface area contributed by atoms with E-state index in [4.69, 9.17) is 11.6 Å². The van der Waals surface area contributed by atoms with Crippen LogP contribution in [0.1, 0.15) is 35.8 Å². The molecule has 1 aromatic carbocycles. The fourth-order valence-corrected chi connectivity index (χ4v) is 4.66.